The zero-order valence-corrected chi connectivity index (χ0v) is 11.3. The van der Waals surface area contributed by atoms with Gasteiger partial charge in [0.15, 0.2) is 0 Å². The van der Waals surface area contributed by atoms with Crippen LogP contribution in [0.2, 0.25) is 0 Å². The van der Waals surface area contributed by atoms with Crippen LogP contribution in [0.3, 0.4) is 0 Å². The fraction of sp³-hybridized carbons (Fsp3) is 0.909. The van der Waals surface area contributed by atoms with E-state index in [2.05, 4.69) is 0 Å². The maximum absolute atomic E-state index is 11.9. The molecule has 6 heteroatoms. The van der Waals surface area contributed by atoms with Crippen molar-refractivity contribution in [2.24, 2.45) is 5.92 Å². The van der Waals surface area contributed by atoms with Gasteiger partial charge < -0.3 is 4.90 Å². The largest absolute Gasteiger partial charge is 0.339 e. The Morgan fingerprint density at radius 2 is 1.88 bits per heavy atom. The molecule has 1 saturated carbocycles. The molecule has 1 saturated heterocycles. The van der Waals surface area contributed by atoms with Crippen LogP contribution in [0, 0.1) is 5.92 Å². The average molecular weight is 280 g/mol. The van der Waals surface area contributed by atoms with Crippen LogP contribution in [-0.4, -0.2) is 37.6 Å². The highest BCUT2D eigenvalue weighted by Crippen LogP contribution is 2.29. The Kier molecular flexibility index (Phi) is 3.98. The van der Waals surface area contributed by atoms with Gasteiger partial charge in [-0.15, -0.1) is 0 Å². The first-order chi connectivity index (χ1) is 7.96. The highest BCUT2D eigenvalue weighted by Gasteiger charge is 2.36. The minimum absolute atomic E-state index is 0.0798. The zero-order chi connectivity index (χ0) is 12.5. The summed E-state index contributed by atoms with van der Waals surface area (Å²) in [7, 11) is 1.75. The molecule has 0 spiro atoms. The number of amides is 1. The van der Waals surface area contributed by atoms with Crippen LogP contribution in [-0.2, 0) is 13.8 Å². The predicted octanol–water partition coefficient (Wildman–Crippen LogP) is 1.74. The van der Waals surface area contributed by atoms with Crippen molar-refractivity contribution in [3.63, 3.8) is 0 Å². The maximum atomic E-state index is 11.9. The van der Waals surface area contributed by atoms with Crippen LogP contribution in [0.1, 0.15) is 38.5 Å². The van der Waals surface area contributed by atoms with E-state index in [1.54, 1.807) is 0 Å². The first kappa shape index (κ1) is 13.1. The normalized spacial score (nSPS) is 27.7. The standard InChI is InChI=1S/C11H18ClNO3S/c12-17(15,16)8-9-6-11(14)13(7-9)10-4-2-1-3-5-10/h9-10H,1-8H2. The molecule has 1 aliphatic heterocycles. The fourth-order valence-electron chi connectivity index (χ4n) is 2.95. The molecule has 0 aromatic rings. The molecule has 0 N–H and O–H groups in total. The van der Waals surface area contributed by atoms with Gasteiger partial charge in [-0.2, -0.15) is 0 Å². The van der Waals surface area contributed by atoms with Crippen molar-refractivity contribution in [3.8, 4) is 0 Å². The number of nitrogens with zero attached hydrogens (tertiary/aromatic N) is 1. The third-order valence-electron chi connectivity index (χ3n) is 3.69. The molecule has 1 unspecified atom stereocenters. The number of hydrogen-bond acceptors (Lipinski definition) is 3. The van der Waals surface area contributed by atoms with Gasteiger partial charge in [0.2, 0.25) is 15.0 Å². The molecular formula is C11H18ClNO3S. The Hall–Kier alpha value is -0.290. The summed E-state index contributed by atoms with van der Waals surface area (Å²) in [5.41, 5.74) is 0. The molecule has 1 amide bonds. The van der Waals surface area contributed by atoms with Gasteiger partial charge in [0.1, 0.15) is 0 Å². The second-order valence-corrected chi connectivity index (χ2v) is 7.94. The first-order valence-electron chi connectivity index (χ1n) is 6.17. The van der Waals surface area contributed by atoms with Crippen LogP contribution in [0.15, 0.2) is 0 Å². The van der Waals surface area contributed by atoms with Gasteiger partial charge in [-0.3, -0.25) is 4.79 Å². The number of halogens is 1. The number of rotatable bonds is 3. The van der Waals surface area contributed by atoms with Gasteiger partial charge in [0, 0.05) is 35.6 Å². The molecule has 1 aliphatic carbocycles. The lowest BCUT2D eigenvalue weighted by atomic mass is 9.94. The molecule has 2 fully saturated rings. The van der Waals surface area contributed by atoms with E-state index < -0.39 is 9.05 Å². The molecular weight excluding hydrogens is 262 g/mol. The maximum Gasteiger partial charge on any atom is 0.232 e. The Morgan fingerprint density at radius 1 is 1.24 bits per heavy atom. The quantitative estimate of drug-likeness (QED) is 0.740. The molecule has 1 atom stereocenters. The summed E-state index contributed by atoms with van der Waals surface area (Å²) in [6.45, 7) is 0.565. The van der Waals surface area contributed by atoms with Crippen molar-refractivity contribution >= 4 is 25.6 Å². The van der Waals surface area contributed by atoms with Gasteiger partial charge >= 0.3 is 0 Å². The predicted molar refractivity (Wildman–Crippen MR) is 66.3 cm³/mol. The van der Waals surface area contributed by atoms with E-state index in [1.165, 1.54) is 19.3 Å². The molecule has 0 bridgehead atoms. The monoisotopic (exact) mass is 279 g/mol. The lowest BCUT2D eigenvalue weighted by Gasteiger charge is -2.31. The van der Waals surface area contributed by atoms with Crippen LogP contribution >= 0.6 is 10.7 Å². The minimum atomic E-state index is -3.49. The molecule has 0 radical (unpaired) electrons. The SMILES string of the molecule is O=C1CC(CS(=O)(=O)Cl)CN1C1CCCCC1. The molecule has 4 nitrogen and oxygen atoms in total. The van der Waals surface area contributed by atoms with Crippen LogP contribution in [0.5, 0.6) is 0 Å². The van der Waals surface area contributed by atoms with Gasteiger partial charge in [-0.25, -0.2) is 8.42 Å². The summed E-state index contributed by atoms with van der Waals surface area (Å²) in [5, 5.41) is 0. The van der Waals surface area contributed by atoms with E-state index in [-0.39, 0.29) is 17.6 Å². The van der Waals surface area contributed by atoms with Gasteiger partial charge in [0.05, 0.1) is 5.75 Å². The van der Waals surface area contributed by atoms with Crippen LogP contribution < -0.4 is 0 Å². The Bertz CT molecular complexity index is 390. The Labute approximate surface area is 107 Å². The lowest BCUT2D eigenvalue weighted by molar-refractivity contribution is -0.130. The average Bonchev–Trinajstić information content (AvgIpc) is 2.58. The first-order valence-corrected chi connectivity index (χ1v) is 8.65. The summed E-state index contributed by atoms with van der Waals surface area (Å²) >= 11 is 0. The number of carbonyl (C=O) groups excluding carboxylic acids is 1. The zero-order valence-electron chi connectivity index (χ0n) is 9.77. The summed E-state index contributed by atoms with van der Waals surface area (Å²) in [4.78, 5) is 13.7. The number of carbonyl (C=O) groups is 1. The molecule has 0 aromatic heterocycles. The second-order valence-electron chi connectivity index (χ2n) is 5.11. The smallest absolute Gasteiger partial charge is 0.232 e. The summed E-state index contributed by atoms with van der Waals surface area (Å²) in [5.74, 6) is -0.0992. The molecule has 1 heterocycles. The van der Waals surface area contributed by atoms with Crippen molar-refractivity contribution in [2.45, 2.75) is 44.6 Å². The van der Waals surface area contributed by atoms with E-state index in [4.69, 9.17) is 10.7 Å². The number of hydrogen-bond donors (Lipinski definition) is 0. The molecule has 98 valence electrons. The van der Waals surface area contributed by atoms with E-state index in [1.807, 2.05) is 4.90 Å². The van der Waals surface area contributed by atoms with E-state index in [0.717, 1.165) is 12.8 Å². The molecule has 17 heavy (non-hydrogen) atoms. The minimum Gasteiger partial charge on any atom is -0.339 e. The lowest BCUT2D eigenvalue weighted by Crippen LogP contribution is -2.38. The van der Waals surface area contributed by atoms with E-state index >= 15 is 0 Å². The van der Waals surface area contributed by atoms with Crippen molar-refractivity contribution < 1.29 is 13.2 Å². The highest BCUT2D eigenvalue weighted by molar-refractivity contribution is 8.13. The van der Waals surface area contributed by atoms with Gasteiger partial charge in [0.25, 0.3) is 0 Å². The van der Waals surface area contributed by atoms with Crippen molar-refractivity contribution in [1.82, 2.24) is 4.90 Å². The van der Waals surface area contributed by atoms with Crippen molar-refractivity contribution in [3.05, 3.63) is 0 Å². The Balaban J connectivity index is 1.95. The topological polar surface area (TPSA) is 54.5 Å². The third kappa shape index (κ3) is 3.58. The van der Waals surface area contributed by atoms with Crippen molar-refractivity contribution in [1.29, 1.82) is 0 Å². The Morgan fingerprint density at radius 3 is 2.47 bits per heavy atom. The summed E-state index contributed by atoms with van der Waals surface area (Å²) < 4.78 is 22.0. The van der Waals surface area contributed by atoms with E-state index in [0.29, 0.717) is 19.0 Å². The highest BCUT2D eigenvalue weighted by atomic mass is 35.7. The third-order valence-corrected chi connectivity index (χ3v) is 4.94. The summed E-state index contributed by atoms with van der Waals surface area (Å²) in [6.07, 6.45) is 6.05. The second kappa shape index (κ2) is 5.14. The van der Waals surface area contributed by atoms with E-state index in [9.17, 15) is 13.2 Å². The number of likely N-dealkylation sites (tertiary alicyclic amines) is 1. The van der Waals surface area contributed by atoms with Crippen LogP contribution in [0.4, 0.5) is 0 Å². The molecule has 2 rings (SSSR count). The summed E-state index contributed by atoms with van der Waals surface area (Å²) in [6, 6.07) is 0.333. The molecule has 0 aromatic carbocycles. The van der Waals surface area contributed by atoms with Crippen molar-refractivity contribution in [2.75, 3.05) is 12.3 Å². The van der Waals surface area contributed by atoms with Gasteiger partial charge in [-0.05, 0) is 12.8 Å². The van der Waals surface area contributed by atoms with Gasteiger partial charge in [-0.1, -0.05) is 19.3 Å². The fourth-order valence-corrected chi connectivity index (χ4v) is 4.27. The van der Waals surface area contributed by atoms with Crippen LogP contribution in [0.25, 0.3) is 0 Å². The molecule has 2 aliphatic rings.